The number of amidine groups is 1. The maximum Gasteiger partial charge on any atom is 0.257 e. The van der Waals surface area contributed by atoms with Crippen LogP contribution in [0.4, 0.5) is 4.39 Å². The lowest BCUT2D eigenvalue weighted by Crippen LogP contribution is -2.26. The Labute approximate surface area is 156 Å². The molecule has 0 aliphatic carbocycles. The number of halogens is 1. The van der Waals surface area contributed by atoms with E-state index in [1.165, 1.54) is 31.3 Å². The van der Waals surface area contributed by atoms with Crippen molar-refractivity contribution in [2.24, 2.45) is 5.73 Å². The van der Waals surface area contributed by atoms with Crippen molar-refractivity contribution in [3.8, 4) is 5.75 Å². The summed E-state index contributed by atoms with van der Waals surface area (Å²) in [6.07, 6.45) is 0. The zero-order chi connectivity index (χ0) is 20.0. The van der Waals surface area contributed by atoms with Crippen molar-refractivity contribution >= 4 is 17.6 Å². The van der Waals surface area contributed by atoms with Gasteiger partial charge in [-0.1, -0.05) is 12.1 Å². The second-order valence-electron chi connectivity index (χ2n) is 5.84. The van der Waals surface area contributed by atoms with E-state index in [-0.39, 0.29) is 36.6 Å². The van der Waals surface area contributed by atoms with Crippen LogP contribution in [0.5, 0.6) is 5.75 Å². The van der Waals surface area contributed by atoms with Gasteiger partial charge in [0.2, 0.25) is 0 Å². The molecule has 0 aromatic heterocycles. The second kappa shape index (κ2) is 8.79. The van der Waals surface area contributed by atoms with Crippen molar-refractivity contribution in [3.63, 3.8) is 0 Å². The summed E-state index contributed by atoms with van der Waals surface area (Å²) in [7, 11) is 1.49. The second-order valence-corrected chi connectivity index (χ2v) is 5.84. The topological polar surface area (TPSA) is 117 Å². The predicted molar refractivity (Wildman–Crippen MR) is 99.3 cm³/mol. The van der Waals surface area contributed by atoms with Crippen LogP contribution in [0.15, 0.2) is 36.4 Å². The SMILES string of the molecule is CNC(=O)COc1cc(C(=N)N)ccc1CNC(=O)c1ccc(F)c(C)c1. The molecule has 7 nitrogen and oxygen atoms in total. The zero-order valence-corrected chi connectivity index (χ0v) is 15.1. The summed E-state index contributed by atoms with van der Waals surface area (Å²) < 4.78 is 18.8. The van der Waals surface area contributed by atoms with Gasteiger partial charge in [-0.15, -0.1) is 0 Å². The molecule has 0 saturated carbocycles. The fraction of sp³-hybridized carbons (Fsp3) is 0.211. The molecule has 2 amide bonds. The van der Waals surface area contributed by atoms with Gasteiger partial charge in [0.15, 0.2) is 6.61 Å². The van der Waals surface area contributed by atoms with Crippen molar-refractivity contribution < 1.29 is 18.7 Å². The lowest BCUT2D eigenvalue weighted by atomic mass is 10.1. The van der Waals surface area contributed by atoms with E-state index in [2.05, 4.69) is 10.6 Å². The van der Waals surface area contributed by atoms with Crippen molar-refractivity contribution in [2.75, 3.05) is 13.7 Å². The van der Waals surface area contributed by atoms with Crippen molar-refractivity contribution in [1.82, 2.24) is 10.6 Å². The summed E-state index contributed by atoms with van der Waals surface area (Å²) in [6.45, 7) is 1.49. The van der Waals surface area contributed by atoms with Gasteiger partial charge in [-0.2, -0.15) is 0 Å². The molecule has 0 spiro atoms. The first-order valence-corrected chi connectivity index (χ1v) is 8.17. The largest absolute Gasteiger partial charge is 0.483 e. The number of hydrogen-bond acceptors (Lipinski definition) is 4. The quantitative estimate of drug-likeness (QED) is 0.435. The van der Waals surface area contributed by atoms with Gasteiger partial charge >= 0.3 is 0 Å². The number of hydrogen-bond donors (Lipinski definition) is 4. The molecule has 0 radical (unpaired) electrons. The number of likely N-dealkylation sites (N-methyl/N-ethyl adjacent to an activating group) is 1. The third-order valence-corrected chi connectivity index (χ3v) is 3.88. The van der Waals surface area contributed by atoms with E-state index in [1.54, 1.807) is 19.1 Å². The minimum Gasteiger partial charge on any atom is -0.483 e. The number of nitrogens with two attached hydrogens (primary N) is 1. The number of ether oxygens (including phenoxy) is 1. The van der Waals surface area contributed by atoms with E-state index >= 15 is 0 Å². The van der Waals surface area contributed by atoms with Gasteiger partial charge in [0.05, 0.1) is 0 Å². The monoisotopic (exact) mass is 372 g/mol. The summed E-state index contributed by atoms with van der Waals surface area (Å²) in [6, 6.07) is 8.93. The van der Waals surface area contributed by atoms with Crippen molar-refractivity contribution in [3.05, 3.63) is 64.5 Å². The molecule has 2 aromatic carbocycles. The molecular formula is C19H21FN4O3. The fourth-order valence-corrected chi connectivity index (χ4v) is 2.28. The molecule has 0 heterocycles. The van der Waals surface area contributed by atoms with Gasteiger partial charge in [0.25, 0.3) is 11.8 Å². The minimum atomic E-state index is -0.378. The molecule has 8 heteroatoms. The Morgan fingerprint density at radius 2 is 1.89 bits per heavy atom. The number of nitrogens with one attached hydrogen (secondary N) is 3. The molecule has 0 atom stereocenters. The summed E-state index contributed by atoms with van der Waals surface area (Å²) >= 11 is 0. The van der Waals surface area contributed by atoms with Crippen LogP contribution in [0, 0.1) is 18.2 Å². The molecule has 0 saturated heterocycles. The number of amides is 2. The van der Waals surface area contributed by atoms with E-state index in [1.807, 2.05) is 0 Å². The van der Waals surface area contributed by atoms with Crippen LogP contribution >= 0.6 is 0 Å². The Bertz CT molecular complexity index is 883. The number of nitrogen functional groups attached to an aromatic ring is 1. The Kier molecular flexibility index (Phi) is 6.48. The van der Waals surface area contributed by atoms with Crippen LogP contribution in [0.2, 0.25) is 0 Å². The lowest BCUT2D eigenvalue weighted by Gasteiger charge is -2.13. The first-order valence-electron chi connectivity index (χ1n) is 8.17. The third kappa shape index (κ3) is 5.27. The van der Waals surface area contributed by atoms with Crippen LogP contribution < -0.4 is 21.1 Å². The number of carbonyl (C=O) groups is 2. The number of rotatable bonds is 7. The highest BCUT2D eigenvalue weighted by Crippen LogP contribution is 2.21. The molecule has 0 unspecified atom stereocenters. The zero-order valence-electron chi connectivity index (χ0n) is 15.1. The van der Waals surface area contributed by atoms with E-state index < -0.39 is 0 Å². The van der Waals surface area contributed by atoms with Crippen LogP contribution in [0.1, 0.15) is 27.0 Å². The Hall–Kier alpha value is -3.42. The summed E-state index contributed by atoms with van der Waals surface area (Å²) in [5, 5.41) is 12.7. The molecule has 142 valence electrons. The lowest BCUT2D eigenvalue weighted by molar-refractivity contribution is -0.122. The normalized spacial score (nSPS) is 10.2. The molecule has 0 fully saturated rings. The molecular weight excluding hydrogens is 351 g/mol. The van der Waals surface area contributed by atoms with E-state index in [9.17, 15) is 14.0 Å². The Morgan fingerprint density at radius 1 is 1.19 bits per heavy atom. The third-order valence-electron chi connectivity index (χ3n) is 3.88. The van der Waals surface area contributed by atoms with Crippen LogP contribution in [-0.2, 0) is 11.3 Å². The van der Waals surface area contributed by atoms with Crippen LogP contribution in [0.25, 0.3) is 0 Å². The molecule has 0 bridgehead atoms. The number of benzene rings is 2. The van der Waals surface area contributed by atoms with Gasteiger partial charge in [-0.05, 0) is 36.8 Å². The smallest absolute Gasteiger partial charge is 0.257 e. The average Bonchev–Trinajstić information content (AvgIpc) is 2.66. The van der Waals surface area contributed by atoms with Gasteiger partial charge in [-0.3, -0.25) is 15.0 Å². The molecule has 0 aliphatic heterocycles. The van der Waals surface area contributed by atoms with Gasteiger partial charge < -0.3 is 21.1 Å². The fourth-order valence-electron chi connectivity index (χ4n) is 2.28. The maximum atomic E-state index is 13.3. The molecule has 2 aromatic rings. The molecule has 27 heavy (non-hydrogen) atoms. The number of aryl methyl sites for hydroxylation is 1. The standard InChI is InChI=1S/C19H21FN4O3/c1-11-7-13(5-6-15(11)20)19(26)24-9-14-4-3-12(18(21)22)8-16(14)27-10-17(25)23-2/h3-8H,9-10H2,1-2H3,(H3,21,22)(H,23,25)(H,24,26). The molecule has 0 aliphatic rings. The first kappa shape index (κ1) is 19.9. The highest BCUT2D eigenvalue weighted by atomic mass is 19.1. The van der Waals surface area contributed by atoms with Gasteiger partial charge in [0, 0.05) is 30.3 Å². The highest BCUT2D eigenvalue weighted by Gasteiger charge is 2.12. The summed E-state index contributed by atoms with van der Waals surface area (Å²) in [5.74, 6) is -0.874. The Morgan fingerprint density at radius 3 is 2.52 bits per heavy atom. The Balaban J connectivity index is 2.15. The van der Waals surface area contributed by atoms with Crippen molar-refractivity contribution in [1.29, 1.82) is 5.41 Å². The summed E-state index contributed by atoms with van der Waals surface area (Å²) in [4.78, 5) is 23.7. The van der Waals surface area contributed by atoms with Crippen LogP contribution in [0.3, 0.4) is 0 Å². The number of carbonyl (C=O) groups excluding carboxylic acids is 2. The highest BCUT2D eigenvalue weighted by molar-refractivity contribution is 5.96. The molecule has 5 N–H and O–H groups in total. The first-order chi connectivity index (χ1) is 12.8. The molecule has 2 rings (SSSR count). The maximum absolute atomic E-state index is 13.3. The van der Waals surface area contributed by atoms with E-state index in [0.717, 1.165) is 0 Å². The van der Waals surface area contributed by atoms with E-state index in [0.29, 0.717) is 28.0 Å². The predicted octanol–water partition coefficient (Wildman–Crippen LogP) is 1.47. The van der Waals surface area contributed by atoms with E-state index in [4.69, 9.17) is 15.9 Å². The van der Waals surface area contributed by atoms with Crippen molar-refractivity contribution in [2.45, 2.75) is 13.5 Å². The minimum absolute atomic E-state index is 0.122. The summed E-state index contributed by atoms with van der Waals surface area (Å²) in [5.41, 5.74) is 7.24. The average molecular weight is 372 g/mol. The van der Waals surface area contributed by atoms with Gasteiger partial charge in [-0.25, -0.2) is 4.39 Å². The van der Waals surface area contributed by atoms with Gasteiger partial charge in [0.1, 0.15) is 17.4 Å². The van der Waals surface area contributed by atoms with Crippen LogP contribution in [-0.4, -0.2) is 31.3 Å².